The van der Waals surface area contributed by atoms with Gasteiger partial charge in [-0.15, -0.1) is 0 Å². The number of aryl methyl sites for hydroxylation is 1. The summed E-state index contributed by atoms with van der Waals surface area (Å²) in [7, 11) is 0. The fourth-order valence-corrected chi connectivity index (χ4v) is 2.42. The topological polar surface area (TPSA) is 58.6 Å². The molecule has 0 saturated carbocycles. The average molecular weight is 332 g/mol. The molecule has 4 nitrogen and oxygen atoms in total. The van der Waals surface area contributed by atoms with Gasteiger partial charge in [-0.05, 0) is 60.9 Å². The second kappa shape index (κ2) is 8.62. The predicted octanol–water partition coefficient (Wildman–Crippen LogP) is -1.30. The number of carbonyl (C=O) groups is 1. The minimum Gasteiger partial charge on any atom is -0.546 e. The molecule has 1 aliphatic heterocycles. The molecule has 0 aromatic heterocycles. The van der Waals surface area contributed by atoms with Crippen LogP contribution in [0.3, 0.4) is 0 Å². The average Bonchev–Trinajstić information content (AvgIpc) is 2.59. The van der Waals surface area contributed by atoms with Gasteiger partial charge in [-0.2, -0.15) is 0 Å². The first-order chi connectivity index (χ1) is 11.6. The van der Waals surface area contributed by atoms with Gasteiger partial charge in [0.2, 0.25) is 0 Å². The molecule has 0 amide bonds. The first-order valence-electron chi connectivity index (χ1n) is 7.49. The molecule has 0 aliphatic carbocycles. The Morgan fingerprint density at radius 1 is 1.28 bits per heavy atom. The van der Waals surface area contributed by atoms with Crippen molar-refractivity contribution in [3.05, 3.63) is 59.4 Å². The first kappa shape index (κ1) is 18.9. The summed E-state index contributed by atoms with van der Waals surface area (Å²) in [5.74, 6) is 5.47. The number of aliphatic carboxylic acids is 1. The van der Waals surface area contributed by atoms with Crippen LogP contribution in [0.25, 0.3) is 0 Å². The van der Waals surface area contributed by atoms with Crippen molar-refractivity contribution in [2.45, 2.75) is 18.9 Å². The predicted molar refractivity (Wildman–Crippen MR) is 83.0 cm³/mol. The largest absolute Gasteiger partial charge is 1.00 e. The van der Waals surface area contributed by atoms with E-state index in [2.05, 4.69) is 11.8 Å². The zero-order chi connectivity index (χ0) is 16.9. The molecule has 1 aliphatic rings. The standard InChI is InChI=1S/C19H15FO4.Li/c20-15-5-7-16(8-6-15)23-11-1-2-13-3-9-17-14(12-13)4-10-18(24-17)19(21)22;/h3,5-9,12,18H,4,10-11H2,(H,21,22);/q;+1/p-1. The Morgan fingerprint density at radius 2 is 2.04 bits per heavy atom. The van der Waals surface area contributed by atoms with Crippen molar-refractivity contribution >= 4 is 5.97 Å². The molecule has 0 bridgehead atoms. The molecule has 6 heteroatoms. The third-order valence-electron chi connectivity index (χ3n) is 3.63. The maximum atomic E-state index is 12.8. The Hall–Kier alpha value is -2.40. The normalized spacial score (nSPS) is 14.8. The van der Waals surface area contributed by atoms with Gasteiger partial charge in [-0.25, -0.2) is 4.39 Å². The summed E-state index contributed by atoms with van der Waals surface area (Å²) in [6.07, 6.45) is 0.105. The maximum absolute atomic E-state index is 12.8. The second-order valence-electron chi connectivity index (χ2n) is 5.33. The van der Waals surface area contributed by atoms with Gasteiger partial charge in [0.25, 0.3) is 0 Å². The molecule has 2 aromatic rings. The van der Waals surface area contributed by atoms with E-state index >= 15 is 0 Å². The summed E-state index contributed by atoms with van der Waals surface area (Å²) in [6.45, 7) is 0.186. The van der Waals surface area contributed by atoms with Gasteiger partial charge in [0.05, 0.1) is 5.97 Å². The SMILES string of the molecule is O=C([O-])C1CCc2cc(C#CCOc3ccc(F)cc3)ccc2O1.[Li+]. The quantitative estimate of drug-likeness (QED) is 0.518. The summed E-state index contributed by atoms with van der Waals surface area (Å²) in [4.78, 5) is 10.8. The van der Waals surface area contributed by atoms with Gasteiger partial charge in [-0.3, -0.25) is 0 Å². The number of rotatable bonds is 3. The summed E-state index contributed by atoms with van der Waals surface area (Å²) < 4.78 is 23.5. The number of carboxylic acids is 1. The van der Waals surface area contributed by atoms with E-state index in [9.17, 15) is 14.3 Å². The number of hydrogen-bond donors (Lipinski definition) is 0. The molecule has 0 saturated heterocycles. The monoisotopic (exact) mass is 332 g/mol. The van der Waals surface area contributed by atoms with Crippen LogP contribution in [0, 0.1) is 17.7 Å². The van der Waals surface area contributed by atoms with E-state index < -0.39 is 12.1 Å². The molecule has 0 spiro atoms. The molecule has 1 atom stereocenters. The summed E-state index contributed by atoms with van der Waals surface area (Å²) >= 11 is 0. The van der Waals surface area contributed by atoms with Gasteiger partial charge in [0.1, 0.15) is 30.0 Å². The van der Waals surface area contributed by atoms with E-state index in [1.807, 2.05) is 6.07 Å². The van der Waals surface area contributed by atoms with Crippen LogP contribution < -0.4 is 33.4 Å². The molecular formula is C19H14FLiO4. The molecule has 1 heterocycles. The van der Waals surface area contributed by atoms with E-state index in [0.29, 0.717) is 24.3 Å². The van der Waals surface area contributed by atoms with E-state index in [-0.39, 0.29) is 31.3 Å². The van der Waals surface area contributed by atoms with Crippen LogP contribution in [0.5, 0.6) is 11.5 Å². The molecule has 0 radical (unpaired) electrons. The zero-order valence-corrected chi connectivity index (χ0v) is 13.8. The molecule has 1 unspecified atom stereocenters. The van der Waals surface area contributed by atoms with Gasteiger partial charge in [0, 0.05) is 5.56 Å². The van der Waals surface area contributed by atoms with Crippen LogP contribution in [0.2, 0.25) is 0 Å². The minimum absolute atomic E-state index is 0. The van der Waals surface area contributed by atoms with Crippen molar-refractivity contribution < 1.29 is 42.6 Å². The van der Waals surface area contributed by atoms with Crippen molar-refractivity contribution in [1.82, 2.24) is 0 Å². The molecule has 3 rings (SSSR count). The van der Waals surface area contributed by atoms with Gasteiger partial charge in [-0.1, -0.05) is 11.8 Å². The Labute approximate surface area is 157 Å². The molecule has 0 fully saturated rings. The number of halogens is 1. The molecule has 0 N–H and O–H groups in total. The van der Waals surface area contributed by atoms with Crippen LogP contribution in [0.4, 0.5) is 4.39 Å². The van der Waals surface area contributed by atoms with Crippen molar-refractivity contribution in [1.29, 1.82) is 0 Å². The van der Waals surface area contributed by atoms with Crippen LogP contribution in [0.15, 0.2) is 42.5 Å². The fraction of sp³-hybridized carbons (Fsp3) is 0.211. The van der Waals surface area contributed by atoms with Gasteiger partial charge >= 0.3 is 18.9 Å². The summed E-state index contributed by atoms with van der Waals surface area (Å²) in [5.41, 5.74) is 1.73. The van der Waals surface area contributed by atoms with Gasteiger partial charge in [0.15, 0.2) is 0 Å². The second-order valence-corrected chi connectivity index (χ2v) is 5.33. The van der Waals surface area contributed by atoms with Crippen molar-refractivity contribution in [2.24, 2.45) is 0 Å². The smallest absolute Gasteiger partial charge is 0.546 e. The first-order valence-corrected chi connectivity index (χ1v) is 7.49. The van der Waals surface area contributed by atoms with E-state index in [1.54, 1.807) is 24.3 Å². The Balaban J connectivity index is 0.00000225. The third-order valence-corrected chi connectivity index (χ3v) is 3.63. The molecule has 25 heavy (non-hydrogen) atoms. The third kappa shape index (κ3) is 5.03. The van der Waals surface area contributed by atoms with Crippen molar-refractivity contribution in [2.75, 3.05) is 6.61 Å². The fourth-order valence-electron chi connectivity index (χ4n) is 2.42. The molecule has 122 valence electrons. The van der Waals surface area contributed by atoms with Gasteiger partial charge < -0.3 is 19.4 Å². The molecular weight excluding hydrogens is 318 g/mol. The van der Waals surface area contributed by atoms with E-state index in [1.165, 1.54) is 12.1 Å². The van der Waals surface area contributed by atoms with E-state index in [4.69, 9.17) is 9.47 Å². The minimum atomic E-state index is -1.19. The number of hydrogen-bond acceptors (Lipinski definition) is 4. The van der Waals surface area contributed by atoms with Crippen LogP contribution in [0.1, 0.15) is 17.5 Å². The number of ether oxygens (including phenoxy) is 2. The summed E-state index contributed by atoms with van der Waals surface area (Å²) in [6, 6.07) is 11.1. The number of benzene rings is 2. The van der Waals surface area contributed by atoms with Crippen LogP contribution in [-0.4, -0.2) is 18.7 Å². The van der Waals surface area contributed by atoms with E-state index in [0.717, 1.165) is 11.1 Å². The van der Waals surface area contributed by atoms with Crippen molar-refractivity contribution in [3.63, 3.8) is 0 Å². The Kier molecular flexibility index (Phi) is 6.53. The number of carboxylic acid groups (broad SMARTS) is 1. The Morgan fingerprint density at radius 3 is 2.76 bits per heavy atom. The summed E-state index contributed by atoms with van der Waals surface area (Å²) in [5, 5.41) is 10.8. The van der Waals surface area contributed by atoms with Crippen LogP contribution in [-0.2, 0) is 11.2 Å². The maximum Gasteiger partial charge on any atom is 1.00 e. The zero-order valence-electron chi connectivity index (χ0n) is 13.8. The number of carbonyl (C=O) groups excluding carboxylic acids is 1. The van der Waals surface area contributed by atoms with Crippen LogP contribution >= 0.6 is 0 Å². The Bertz CT molecular complexity index is 808. The number of fused-ring (bicyclic) bond motifs is 1. The molecule has 2 aromatic carbocycles. The van der Waals surface area contributed by atoms with Crippen molar-refractivity contribution in [3.8, 4) is 23.3 Å².